The molecule has 3 amide bonds. The highest BCUT2D eigenvalue weighted by molar-refractivity contribution is 5.84. The molecule has 2 N–H and O–H groups in total. The van der Waals surface area contributed by atoms with Crippen LogP contribution >= 0.6 is 0 Å². The first-order valence-electron chi connectivity index (χ1n) is 7.86. The Morgan fingerprint density at radius 2 is 1.92 bits per heavy atom. The van der Waals surface area contributed by atoms with E-state index in [4.69, 9.17) is 0 Å². The van der Waals surface area contributed by atoms with Gasteiger partial charge in [0.15, 0.2) is 0 Å². The lowest BCUT2D eigenvalue weighted by Crippen LogP contribution is -2.38. The zero-order valence-corrected chi connectivity index (χ0v) is 14.5. The number of urea groups is 1. The normalized spacial score (nSPS) is 11.3. The van der Waals surface area contributed by atoms with Gasteiger partial charge < -0.3 is 15.0 Å². The van der Waals surface area contributed by atoms with Crippen LogP contribution in [0.15, 0.2) is 48.7 Å². The van der Waals surface area contributed by atoms with Gasteiger partial charge in [0.05, 0.1) is 18.8 Å². The van der Waals surface area contributed by atoms with E-state index >= 15 is 0 Å². The second-order valence-corrected chi connectivity index (χ2v) is 5.51. The predicted molar refractivity (Wildman–Crippen MR) is 95.1 cm³/mol. The molecule has 0 bridgehead atoms. The predicted octanol–water partition coefficient (Wildman–Crippen LogP) is 3.16. The molecule has 0 aliphatic carbocycles. The number of nitrogens with zero attached hydrogens (tertiary/aromatic N) is 2. The second-order valence-electron chi connectivity index (χ2n) is 5.51. The Kier molecular flexibility index (Phi) is 6.33. The summed E-state index contributed by atoms with van der Waals surface area (Å²) in [4.78, 5) is 29.3. The maximum atomic E-state index is 12.3. The van der Waals surface area contributed by atoms with Crippen LogP contribution in [-0.4, -0.2) is 36.2 Å². The second kappa shape index (κ2) is 8.68. The van der Waals surface area contributed by atoms with Crippen molar-refractivity contribution in [2.45, 2.75) is 19.5 Å². The van der Waals surface area contributed by atoms with Gasteiger partial charge >= 0.3 is 12.1 Å². The van der Waals surface area contributed by atoms with Crippen LogP contribution in [0.25, 0.3) is 0 Å². The van der Waals surface area contributed by atoms with Crippen molar-refractivity contribution in [3.8, 4) is 0 Å². The highest BCUT2D eigenvalue weighted by Crippen LogP contribution is 2.16. The standard InChI is InChI=1S/C18H22N4O3/c1-13(16-6-4-5-11-19-16)22(2)17(23)20-12-14-7-9-15(10-8-14)21-18(24)25-3/h4-11,13H,12H2,1-3H3,(H,20,23)(H,21,24). The number of methoxy groups -OCH3 is 1. The van der Waals surface area contributed by atoms with Gasteiger partial charge in [-0.15, -0.1) is 0 Å². The molecule has 7 heteroatoms. The van der Waals surface area contributed by atoms with E-state index in [1.54, 1.807) is 30.3 Å². The molecule has 1 aromatic carbocycles. The van der Waals surface area contributed by atoms with Crippen molar-refractivity contribution in [2.24, 2.45) is 0 Å². The number of benzene rings is 1. The molecule has 1 atom stereocenters. The molecule has 0 radical (unpaired) electrons. The summed E-state index contributed by atoms with van der Waals surface area (Å²) >= 11 is 0. The van der Waals surface area contributed by atoms with Gasteiger partial charge in [-0.25, -0.2) is 9.59 Å². The van der Waals surface area contributed by atoms with Crippen molar-refractivity contribution >= 4 is 17.8 Å². The summed E-state index contributed by atoms with van der Waals surface area (Å²) in [6, 6.07) is 12.5. The zero-order valence-electron chi connectivity index (χ0n) is 14.5. The lowest BCUT2D eigenvalue weighted by molar-refractivity contribution is 0.187. The number of hydrogen-bond acceptors (Lipinski definition) is 4. The Balaban J connectivity index is 1.87. The van der Waals surface area contributed by atoms with Crippen LogP contribution in [-0.2, 0) is 11.3 Å². The fourth-order valence-electron chi connectivity index (χ4n) is 2.17. The van der Waals surface area contributed by atoms with Crippen LogP contribution in [0.3, 0.4) is 0 Å². The Bertz CT molecular complexity index is 704. The number of nitrogens with one attached hydrogen (secondary N) is 2. The number of pyridine rings is 1. The summed E-state index contributed by atoms with van der Waals surface area (Å²) in [6.45, 7) is 2.31. The van der Waals surface area contributed by atoms with Crippen LogP contribution in [0.1, 0.15) is 24.2 Å². The Labute approximate surface area is 147 Å². The molecule has 2 rings (SSSR count). The topological polar surface area (TPSA) is 83.6 Å². The van der Waals surface area contributed by atoms with Crippen LogP contribution in [0, 0.1) is 0 Å². The number of rotatable bonds is 5. The molecular weight excluding hydrogens is 320 g/mol. The Hall–Kier alpha value is -3.09. The third kappa shape index (κ3) is 5.20. The monoisotopic (exact) mass is 342 g/mol. The van der Waals surface area contributed by atoms with E-state index in [9.17, 15) is 9.59 Å². The molecule has 1 heterocycles. The van der Waals surface area contributed by atoms with E-state index < -0.39 is 6.09 Å². The lowest BCUT2D eigenvalue weighted by Gasteiger charge is -2.24. The molecule has 1 aromatic heterocycles. The minimum Gasteiger partial charge on any atom is -0.453 e. The molecule has 0 saturated carbocycles. The third-order valence-corrected chi connectivity index (χ3v) is 3.85. The fraction of sp³-hybridized carbons (Fsp3) is 0.278. The molecule has 2 aromatic rings. The number of anilines is 1. The SMILES string of the molecule is COC(=O)Nc1ccc(CNC(=O)N(C)C(C)c2ccccn2)cc1. The maximum Gasteiger partial charge on any atom is 0.411 e. The van der Waals surface area contributed by atoms with Crippen molar-refractivity contribution < 1.29 is 14.3 Å². The van der Waals surface area contributed by atoms with Gasteiger partial charge in [-0.1, -0.05) is 18.2 Å². The number of aromatic nitrogens is 1. The van der Waals surface area contributed by atoms with Crippen molar-refractivity contribution in [3.63, 3.8) is 0 Å². The molecule has 0 spiro atoms. The largest absolute Gasteiger partial charge is 0.453 e. The molecule has 0 fully saturated rings. The summed E-state index contributed by atoms with van der Waals surface area (Å²) in [5.74, 6) is 0. The molecular formula is C18H22N4O3. The van der Waals surface area contributed by atoms with Gasteiger partial charge in [0, 0.05) is 25.5 Å². The quantitative estimate of drug-likeness (QED) is 0.874. The van der Waals surface area contributed by atoms with Crippen LogP contribution < -0.4 is 10.6 Å². The van der Waals surface area contributed by atoms with E-state index in [1.165, 1.54) is 7.11 Å². The van der Waals surface area contributed by atoms with Crippen LogP contribution in [0.4, 0.5) is 15.3 Å². The number of amides is 3. The number of carbonyl (C=O) groups excluding carboxylic acids is 2. The lowest BCUT2D eigenvalue weighted by atomic mass is 10.2. The molecule has 0 saturated heterocycles. The summed E-state index contributed by atoms with van der Waals surface area (Å²) in [7, 11) is 3.04. The number of hydrogen-bond donors (Lipinski definition) is 2. The summed E-state index contributed by atoms with van der Waals surface area (Å²) in [6.07, 6.45) is 1.19. The molecule has 1 unspecified atom stereocenters. The van der Waals surface area contributed by atoms with Crippen LogP contribution in [0.2, 0.25) is 0 Å². The van der Waals surface area contributed by atoms with E-state index in [0.717, 1.165) is 11.3 Å². The Morgan fingerprint density at radius 1 is 1.20 bits per heavy atom. The zero-order chi connectivity index (χ0) is 18.2. The van der Waals surface area contributed by atoms with E-state index in [-0.39, 0.29) is 12.1 Å². The summed E-state index contributed by atoms with van der Waals surface area (Å²) < 4.78 is 4.53. The average molecular weight is 342 g/mol. The van der Waals surface area contributed by atoms with E-state index in [0.29, 0.717) is 12.2 Å². The first-order chi connectivity index (χ1) is 12.0. The van der Waals surface area contributed by atoms with Crippen molar-refractivity contribution in [3.05, 3.63) is 59.9 Å². The number of carbonyl (C=O) groups is 2. The molecule has 132 valence electrons. The Morgan fingerprint density at radius 3 is 2.52 bits per heavy atom. The first-order valence-corrected chi connectivity index (χ1v) is 7.86. The average Bonchev–Trinajstić information content (AvgIpc) is 2.66. The number of ether oxygens (including phenoxy) is 1. The van der Waals surface area contributed by atoms with E-state index in [2.05, 4.69) is 20.4 Å². The van der Waals surface area contributed by atoms with Gasteiger partial charge in [0.1, 0.15) is 0 Å². The van der Waals surface area contributed by atoms with Gasteiger partial charge in [0.2, 0.25) is 0 Å². The molecule has 0 aliphatic heterocycles. The van der Waals surface area contributed by atoms with Crippen molar-refractivity contribution in [1.82, 2.24) is 15.2 Å². The molecule has 7 nitrogen and oxygen atoms in total. The molecule has 0 aliphatic rings. The van der Waals surface area contributed by atoms with Gasteiger partial charge in [-0.3, -0.25) is 10.3 Å². The minimum atomic E-state index is -0.522. The fourth-order valence-corrected chi connectivity index (χ4v) is 2.17. The van der Waals surface area contributed by atoms with Gasteiger partial charge in [0.25, 0.3) is 0 Å². The van der Waals surface area contributed by atoms with Gasteiger partial charge in [-0.05, 0) is 36.8 Å². The highest BCUT2D eigenvalue weighted by Gasteiger charge is 2.17. The van der Waals surface area contributed by atoms with E-state index in [1.807, 2.05) is 37.3 Å². The minimum absolute atomic E-state index is 0.132. The van der Waals surface area contributed by atoms with Gasteiger partial charge in [-0.2, -0.15) is 0 Å². The summed E-state index contributed by atoms with van der Waals surface area (Å²) in [5, 5.41) is 5.44. The maximum absolute atomic E-state index is 12.3. The first kappa shape index (κ1) is 18.3. The smallest absolute Gasteiger partial charge is 0.411 e. The molecule has 25 heavy (non-hydrogen) atoms. The summed E-state index contributed by atoms with van der Waals surface area (Å²) in [5.41, 5.74) is 2.38. The van der Waals surface area contributed by atoms with Crippen LogP contribution in [0.5, 0.6) is 0 Å². The van der Waals surface area contributed by atoms with Crippen molar-refractivity contribution in [2.75, 3.05) is 19.5 Å². The third-order valence-electron chi connectivity index (χ3n) is 3.85. The highest BCUT2D eigenvalue weighted by atomic mass is 16.5. The van der Waals surface area contributed by atoms with Crippen molar-refractivity contribution in [1.29, 1.82) is 0 Å².